The van der Waals surface area contributed by atoms with E-state index in [2.05, 4.69) is 14.8 Å². The summed E-state index contributed by atoms with van der Waals surface area (Å²) in [5, 5.41) is 5.71. The smallest absolute Gasteiger partial charge is 0.279 e. The summed E-state index contributed by atoms with van der Waals surface area (Å²) in [7, 11) is 0. The maximum atomic E-state index is 13.3. The van der Waals surface area contributed by atoms with Crippen molar-refractivity contribution in [3.63, 3.8) is 0 Å². The van der Waals surface area contributed by atoms with Gasteiger partial charge in [0.1, 0.15) is 11.5 Å². The number of nitrogens with one attached hydrogen (secondary N) is 1. The van der Waals surface area contributed by atoms with Gasteiger partial charge in [0.2, 0.25) is 11.3 Å². The molecule has 0 amide bonds. The highest BCUT2D eigenvalue weighted by Gasteiger charge is 2.14. The fraction of sp³-hybridized carbons (Fsp3) is 0.0952. The Kier molecular flexibility index (Phi) is 5.75. The number of halogens is 1. The zero-order valence-electron chi connectivity index (χ0n) is 15.7. The second-order valence-corrected chi connectivity index (χ2v) is 7.35. The molecule has 2 heterocycles. The van der Waals surface area contributed by atoms with Gasteiger partial charge >= 0.3 is 0 Å². The average Bonchev–Trinajstić information content (AvgIpc) is 2.75. The molecule has 0 spiro atoms. The number of pyridine rings is 1. The number of benzene rings is 2. The van der Waals surface area contributed by atoms with Crippen LogP contribution in [-0.2, 0) is 17.7 Å². The third-order valence-electron chi connectivity index (χ3n) is 4.58. The largest absolute Gasteiger partial charge is 0.294 e. The van der Waals surface area contributed by atoms with E-state index in [1.807, 2.05) is 18.2 Å². The Morgan fingerprint density at radius 2 is 1.80 bits per heavy atom. The molecule has 7 nitrogen and oxygen atoms in total. The molecule has 0 radical (unpaired) electrons. The van der Waals surface area contributed by atoms with E-state index in [9.17, 15) is 13.4 Å². The average molecular weight is 424 g/mol. The quantitative estimate of drug-likeness (QED) is 0.464. The van der Waals surface area contributed by atoms with Crippen LogP contribution in [-0.4, -0.2) is 30.1 Å². The minimum absolute atomic E-state index is 0.303. The lowest BCUT2D eigenvalue weighted by atomic mass is 10.0. The van der Waals surface area contributed by atoms with Gasteiger partial charge < -0.3 is 0 Å². The summed E-state index contributed by atoms with van der Waals surface area (Å²) >= 11 is -2.08. The van der Waals surface area contributed by atoms with Crippen molar-refractivity contribution in [1.82, 2.24) is 19.5 Å². The number of rotatable bonds is 6. The lowest BCUT2D eigenvalue weighted by Crippen LogP contribution is -2.22. The molecule has 30 heavy (non-hydrogen) atoms. The van der Waals surface area contributed by atoms with Gasteiger partial charge in [-0.15, -0.1) is 0 Å². The summed E-state index contributed by atoms with van der Waals surface area (Å²) in [6.07, 6.45) is 3.81. The van der Waals surface area contributed by atoms with E-state index in [1.54, 1.807) is 24.5 Å². The molecule has 2 N–H and O–H groups in total. The monoisotopic (exact) mass is 424 g/mol. The van der Waals surface area contributed by atoms with Crippen LogP contribution in [0.25, 0.3) is 27.7 Å². The van der Waals surface area contributed by atoms with Gasteiger partial charge in [-0.05, 0) is 48.4 Å². The molecule has 0 aliphatic heterocycles. The molecule has 2 aromatic carbocycles. The molecular weight excluding hydrogens is 407 g/mol. The normalized spacial score (nSPS) is 12.2. The molecule has 0 saturated carbocycles. The molecule has 1 atom stereocenters. The van der Waals surface area contributed by atoms with Crippen LogP contribution in [0.3, 0.4) is 0 Å². The molecule has 4 aromatic rings. The fourth-order valence-electron chi connectivity index (χ4n) is 3.20. The first kappa shape index (κ1) is 20.0. The molecule has 2 aromatic heterocycles. The number of hydrogen-bond donors (Lipinski definition) is 2. The molecule has 0 fully saturated rings. The molecule has 152 valence electrons. The Balaban J connectivity index is 1.85. The van der Waals surface area contributed by atoms with E-state index in [0.29, 0.717) is 40.7 Å². The Morgan fingerprint density at radius 1 is 1.07 bits per heavy atom. The standard InChI is InChI=1S/C21H17FN4O3S/c22-16-5-7-17(8-6-16)26-21(27)19-4-2-1-3-18(19)20(25-26)15-11-14(12-23-13-15)9-10-24-30(28)29/h1-8,11-13,24H,9-10H2,(H,28,29). The van der Waals surface area contributed by atoms with Gasteiger partial charge in [-0.1, -0.05) is 18.2 Å². The van der Waals surface area contributed by atoms with Gasteiger partial charge in [-0.25, -0.2) is 13.3 Å². The predicted octanol–water partition coefficient (Wildman–Crippen LogP) is 2.86. The first-order valence-electron chi connectivity index (χ1n) is 9.09. The topological polar surface area (TPSA) is 97.1 Å². The van der Waals surface area contributed by atoms with Crippen LogP contribution in [0, 0.1) is 5.82 Å². The van der Waals surface area contributed by atoms with Crippen molar-refractivity contribution in [2.45, 2.75) is 6.42 Å². The van der Waals surface area contributed by atoms with Gasteiger partial charge in [-0.2, -0.15) is 9.78 Å². The third kappa shape index (κ3) is 4.18. The lowest BCUT2D eigenvalue weighted by molar-refractivity contribution is 0.549. The number of aromatic nitrogens is 3. The van der Waals surface area contributed by atoms with E-state index < -0.39 is 17.1 Å². The summed E-state index contributed by atoms with van der Waals surface area (Å²) < 4.78 is 36.6. The van der Waals surface area contributed by atoms with Gasteiger partial charge in [-0.3, -0.25) is 14.3 Å². The highest BCUT2D eigenvalue weighted by Crippen LogP contribution is 2.25. The van der Waals surface area contributed by atoms with E-state index >= 15 is 0 Å². The van der Waals surface area contributed by atoms with Crippen LogP contribution >= 0.6 is 0 Å². The SMILES string of the molecule is O=c1c2ccccc2c(-c2cncc(CCNS(=O)O)c2)nn1-c1ccc(F)cc1. The summed E-state index contributed by atoms with van der Waals surface area (Å²) in [5.74, 6) is -0.401. The van der Waals surface area contributed by atoms with Crippen LogP contribution in [0.15, 0.2) is 71.8 Å². The first-order valence-corrected chi connectivity index (χ1v) is 10.2. The maximum Gasteiger partial charge on any atom is 0.279 e. The number of hydrogen-bond acceptors (Lipinski definition) is 4. The van der Waals surface area contributed by atoms with Gasteiger partial charge in [0.15, 0.2) is 0 Å². The Hall–Kier alpha value is -3.27. The molecule has 0 saturated heterocycles. The predicted molar refractivity (Wildman–Crippen MR) is 113 cm³/mol. The molecule has 0 bridgehead atoms. The summed E-state index contributed by atoms with van der Waals surface area (Å²) in [5.41, 5.74) is 2.25. The highest BCUT2D eigenvalue weighted by molar-refractivity contribution is 7.77. The Bertz CT molecular complexity index is 1290. The molecule has 4 rings (SSSR count). The van der Waals surface area contributed by atoms with Crippen molar-refractivity contribution in [3.8, 4) is 16.9 Å². The highest BCUT2D eigenvalue weighted by atomic mass is 32.2. The van der Waals surface area contributed by atoms with Crippen LogP contribution in [0.5, 0.6) is 0 Å². The molecule has 0 aliphatic rings. The van der Waals surface area contributed by atoms with Gasteiger partial charge in [0.25, 0.3) is 5.56 Å². The number of fused-ring (bicyclic) bond motifs is 1. The van der Waals surface area contributed by atoms with Gasteiger partial charge in [0, 0.05) is 29.9 Å². The van der Waals surface area contributed by atoms with Crippen LogP contribution in [0.4, 0.5) is 4.39 Å². The van der Waals surface area contributed by atoms with Gasteiger partial charge in [0.05, 0.1) is 11.1 Å². The maximum absolute atomic E-state index is 13.3. The van der Waals surface area contributed by atoms with Crippen molar-refractivity contribution in [3.05, 3.63) is 88.7 Å². The van der Waals surface area contributed by atoms with Crippen LogP contribution in [0.2, 0.25) is 0 Å². The van der Waals surface area contributed by atoms with Crippen molar-refractivity contribution in [2.24, 2.45) is 0 Å². The van der Waals surface area contributed by atoms with Crippen molar-refractivity contribution in [1.29, 1.82) is 0 Å². The van der Waals surface area contributed by atoms with Crippen molar-refractivity contribution >= 4 is 22.0 Å². The third-order valence-corrected chi connectivity index (χ3v) is 5.03. The van der Waals surface area contributed by atoms with Crippen LogP contribution < -0.4 is 10.3 Å². The summed E-state index contributed by atoms with van der Waals surface area (Å²) in [6.45, 7) is 0.303. The molecule has 0 aliphatic carbocycles. The molecule has 1 unspecified atom stereocenters. The van der Waals surface area contributed by atoms with E-state index in [-0.39, 0.29) is 5.56 Å². The second-order valence-electron chi connectivity index (χ2n) is 6.56. The van der Waals surface area contributed by atoms with E-state index in [1.165, 1.54) is 28.9 Å². The summed E-state index contributed by atoms with van der Waals surface area (Å²) in [4.78, 5) is 17.3. The number of nitrogens with zero attached hydrogens (tertiary/aromatic N) is 3. The molecular formula is C21H17FN4O3S. The van der Waals surface area contributed by atoms with Crippen LogP contribution in [0.1, 0.15) is 5.56 Å². The zero-order chi connectivity index (χ0) is 21.1. The minimum Gasteiger partial charge on any atom is -0.294 e. The Morgan fingerprint density at radius 3 is 2.53 bits per heavy atom. The second kappa shape index (κ2) is 8.62. The van der Waals surface area contributed by atoms with Crippen molar-refractivity contribution in [2.75, 3.05) is 6.54 Å². The minimum atomic E-state index is -2.08. The molecule has 9 heteroatoms. The van der Waals surface area contributed by atoms with Crippen molar-refractivity contribution < 1.29 is 13.2 Å². The van der Waals surface area contributed by atoms with E-state index in [0.717, 1.165) is 5.56 Å². The first-order chi connectivity index (χ1) is 14.5. The summed E-state index contributed by atoms with van der Waals surface area (Å²) in [6, 6.07) is 14.6. The lowest BCUT2D eigenvalue weighted by Gasteiger charge is -2.12. The zero-order valence-corrected chi connectivity index (χ0v) is 16.5. The Labute approximate surface area is 173 Å². The fourth-order valence-corrected chi connectivity index (χ4v) is 3.47. The van der Waals surface area contributed by atoms with E-state index in [4.69, 9.17) is 4.55 Å².